The van der Waals surface area contributed by atoms with Gasteiger partial charge in [-0.05, 0) is 47.8 Å². The van der Waals surface area contributed by atoms with Crippen molar-refractivity contribution < 1.29 is 0 Å². The zero-order valence-electron chi connectivity index (χ0n) is 10.3. The molecule has 1 saturated heterocycles. The van der Waals surface area contributed by atoms with Gasteiger partial charge in [0.05, 0.1) is 0 Å². The maximum atomic E-state index is 4.34. The standard InChI is InChI=1S/C12H20BrN3S/c1-10(8-16-5-3-2-4-6-16)7-14-12-15-11(13)9-17-12/h9-10H,2-8H2,1H3,(H,14,15). The van der Waals surface area contributed by atoms with Crippen LogP contribution in [0.3, 0.4) is 0 Å². The first-order chi connectivity index (χ1) is 8.24. The zero-order chi connectivity index (χ0) is 12.1. The van der Waals surface area contributed by atoms with Crippen molar-refractivity contribution in [3.05, 3.63) is 9.98 Å². The van der Waals surface area contributed by atoms with E-state index < -0.39 is 0 Å². The molecule has 0 radical (unpaired) electrons. The number of nitrogens with one attached hydrogen (secondary N) is 1. The Morgan fingerprint density at radius 2 is 2.24 bits per heavy atom. The predicted octanol–water partition coefficient (Wildman–Crippen LogP) is 3.44. The molecule has 17 heavy (non-hydrogen) atoms. The van der Waals surface area contributed by atoms with E-state index in [0.717, 1.165) is 16.3 Å². The van der Waals surface area contributed by atoms with Crippen LogP contribution in [0.5, 0.6) is 0 Å². The van der Waals surface area contributed by atoms with Crippen LogP contribution >= 0.6 is 27.3 Å². The Balaban J connectivity index is 1.68. The number of anilines is 1. The van der Waals surface area contributed by atoms with E-state index in [1.54, 1.807) is 11.3 Å². The minimum atomic E-state index is 0.677. The molecule has 0 amide bonds. The molecule has 1 N–H and O–H groups in total. The summed E-state index contributed by atoms with van der Waals surface area (Å²) in [6, 6.07) is 0. The highest BCUT2D eigenvalue weighted by molar-refractivity contribution is 9.10. The second kappa shape index (κ2) is 6.71. The monoisotopic (exact) mass is 317 g/mol. The molecule has 1 aromatic heterocycles. The lowest BCUT2D eigenvalue weighted by atomic mass is 10.1. The number of aromatic nitrogens is 1. The lowest BCUT2D eigenvalue weighted by Crippen LogP contribution is -2.35. The minimum Gasteiger partial charge on any atom is -0.361 e. The summed E-state index contributed by atoms with van der Waals surface area (Å²) in [5.41, 5.74) is 0. The first kappa shape index (κ1) is 13.3. The minimum absolute atomic E-state index is 0.677. The molecule has 2 rings (SSSR count). The number of nitrogens with zero attached hydrogens (tertiary/aromatic N) is 2. The van der Waals surface area contributed by atoms with Crippen molar-refractivity contribution in [2.24, 2.45) is 5.92 Å². The van der Waals surface area contributed by atoms with Crippen molar-refractivity contribution in [2.75, 3.05) is 31.5 Å². The average molecular weight is 318 g/mol. The molecule has 1 aromatic rings. The van der Waals surface area contributed by atoms with Crippen LogP contribution in [0.1, 0.15) is 26.2 Å². The summed E-state index contributed by atoms with van der Waals surface area (Å²) in [4.78, 5) is 6.93. The molecular formula is C12H20BrN3S. The SMILES string of the molecule is CC(CNc1nc(Br)cs1)CN1CCCCC1. The Morgan fingerprint density at radius 1 is 1.47 bits per heavy atom. The molecule has 0 aromatic carbocycles. The maximum absolute atomic E-state index is 4.34. The fourth-order valence-corrected chi connectivity index (χ4v) is 3.40. The number of likely N-dealkylation sites (tertiary alicyclic amines) is 1. The van der Waals surface area contributed by atoms with Gasteiger partial charge in [0.1, 0.15) is 4.60 Å². The second-order valence-corrected chi connectivity index (χ2v) is 6.49. The van der Waals surface area contributed by atoms with Crippen LogP contribution in [-0.2, 0) is 0 Å². The number of halogens is 1. The van der Waals surface area contributed by atoms with E-state index in [1.165, 1.54) is 38.9 Å². The van der Waals surface area contributed by atoms with Gasteiger partial charge in [0.15, 0.2) is 5.13 Å². The summed E-state index contributed by atoms with van der Waals surface area (Å²) >= 11 is 5.02. The Morgan fingerprint density at radius 3 is 2.88 bits per heavy atom. The summed E-state index contributed by atoms with van der Waals surface area (Å²) in [6.07, 6.45) is 4.16. The molecule has 1 atom stereocenters. The fourth-order valence-electron chi connectivity index (χ4n) is 2.24. The number of thiazole rings is 1. The van der Waals surface area contributed by atoms with Crippen LogP contribution in [0.15, 0.2) is 9.98 Å². The first-order valence-corrected chi connectivity index (χ1v) is 7.98. The summed E-state index contributed by atoms with van der Waals surface area (Å²) in [5, 5.41) is 6.43. The number of rotatable bonds is 5. The van der Waals surface area contributed by atoms with Crippen molar-refractivity contribution in [2.45, 2.75) is 26.2 Å². The van der Waals surface area contributed by atoms with E-state index in [-0.39, 0.29) is 0 Å². The highest BCUT2D eigenvalue weighted by Gasteiger charge is 2.13. The summed E-state index contributed by atoms with van der Waals surface area (Å²) in [5.74, 6) is 0.677. The molecule has 0 spiro atoms. The summed E-state index contributed by atoms with van der Waals surface area (Å²) in [6.45, 7) is 7.10. The van der Waals surface area contributed by atoms with Gasteiger partial charge in [-0.15, -0.1) is 11.3 Å². The maximum Gasteiger partial charge on any atom is 0.183 e. The molecule has 2 heterocycles. The Kier molecular flexibility index (Phi) is 5.25. The molecule has 1 aliphatic heterocycles. The largest absolute Gasteiger partial charge is 0.361 e. The Labute approximate surface area is 116 Å². The van der Waals surface area contributed by atoms with E-state index in [1.807, 2.05) is 5.38 Å². The van der Waals surface area contributed by atoms with E-state index in [4.69, 9.17) is 0 Å². The lowest BCUT2D eigenvalue weighted by molar-refractivity contribution is 0.204. The summed E-state index contributed by atoms with van der Waals surface area (Å²) < 4.78 is 0.925. The topological polar surface area (TPSA) is 28.2 Å². The molecule has 3 nitrogen and oxygen atoms in total. The van der Waals surface area contributed by atoms with Crippen molar-refractivity contribution in [1.82, 2.24) is 9.88 Å². The van der Waals surface area contributed by atoms with Gasteiger partial charge in [-0.25, -0.2) is 4.98 Å². The van der Waals surface area contributed by atoms with Crippen LogP contribution in [-0.4, -0.2) is 36.1 Å². The van der Waals surface area contributed by atoms with Crippen LogP contribution < -0.4 is 5.32 Å². The molecule has 1 fully saturated rings. The third-order valence-corrected chi connectivity index (χ3v) is 4.61. The van der Waals surface area contributed by atoms with Crippen molar-refractivity contribution in [3.8, 4) is 0 Å². The number of piperidine rings is 1. The van der Waals surface area contributed by atoms with Crippen LogP contribution in [0.25, 0.3) is 0 Å². The molecule has 0 bridgehead atoms. The molecule has 0 saturated carbocycles. The molecule has 1 unspecified atom stereocenters. The summed E-state index contributed by atoms with van der Waals surface area (Å²) in [7, 11) is 0. The van der Waals surface area contributed by atoms with Crippen molar-refractivity contribution in [1.29, 1.82) is 0 Å². The Hall–Kier alpha value is -0.130. The van der Waals surface area contributed by atoms with E-state index >= 15 is 0 Å². The van der Waals surface area contributed by atoms with Crippen LogP contribution in [0.2, 0.25) is 0 Å². The molecule has 0 aliphatic carbocycles. The predicted molar refractivity (Wildman–Crippen MR) is 77.8 cm³/mol. The smallest absolute Gasteiger partial charge is 0.183 e. The number of hydrogen-bond acceptors (Lipinski definition) is 4. The highest BCUT2D eigenvalue weighted by atomic mass is 79.9. The normalized spacial score (nSPS) is 19.2. The number of hydrogen-bond donors (Lipinski definition) is 1. The van der Waals surface area contributed by atoms with E-state index in [0.29, 0.717) is 5.92 Å². The quantitative estimate of drug-likeness (QED) is 0.901. The lowest BCUT2D eigenvalue weighted by Gasteiger charge is -2.29. The third-order valence-electron chi connectivity index (χ3n) is 3.10. The fraction of sp³-hybridized carbons (Fsp3) is 0.750. The van der Waals surface area contributed by atoms with Crippen LogP contribution in [0, 0.1) is 5.92 Å². The van der Waals surface area contributed by atoms with E-state index in [9.17, 15) is 0 Å². The Bertz CT molecular complexity index is 336. The van der Waals surface area contributed by atoms with Crippen LogP contribution in [0.4, 0.5) is 5.13 Å². The molecule has 5 heteroatoms. The van der Waals surface area contributed by atoms with Gasteiger partial charge >= 0.3 is 0 Å². The van der Waals surface area contributed by atoms with Gasteiger partial charge in [-0.3, -0.25) is 0 Å². The van der Waals surface area contributed by atoms with Gasteiger partial charge in [0.25, 0.3) is 0 Å². The molecular weight excluding hydrogens is 298 g/mol. The van der Waals surface area contributed by atoms with E-state index in [2.05, 4.69) is 38.1 Å². The first-order valence-electron chi connectivity index (χ1n) is 6.31. The van der Waals surface area contributed by atoms with Gasteiger partial charge in [-0.2, -0.15) is 0 Å². The highest BCUT2D eigenvalue weighted by Crippen LogP contribution is 2.19. The van der Waals surface area contributed by atoms with Gasteiger partial charge in [0.2, 0.25) is 0 Å². The van der Waals surface area contributed by atoms with Gasteiger partial charge in [-0.1, -0.05) is 13.3 Å². The molecule has 96 valence electrons. The van der Waals surface area contributed by atoms with Gasteiger partial charge in [0, 0.05) is 18.5 Å². The second-order valence-electron chi connectivity index (χ2n) is 4.82. The van der Waals surface area contributed by atoms with Crippen molar-refractivity contribution in [3.63, 3.8) is 0 Å². The molecule has 1 aliphatic rings. The van der Waals surface area contributed by atoms with Crippen molar-refractivity contribution >= 4 is 32.4 Å². The third kappa shape index (κ3) is 4.56. The zero-order valence-corrected chi connectivity index (χ0v) is 12.7. The average Bonchev–Trinajstić information content (AvgIpc) is 2.74. The van der Waals surface area contributed by atoms with Gasteiger partial charge < -0.3 is 10.2 Å².